The van der Waals surface area contributed by atoms with Crippen LogP contribution in [0.4, 0.5) is 9.52 Å². The Balaban J connectivity index is 1.45. The topological polar surface area (TPSA) is 58.1 Å². The zero-order valence-electron chi connectivity index (χ0n) is 15.1. The normalized spacial score (nSPS) is 10.7. The van der Waals surface area contributed by atoms with E-state index in [2.05, 4.69) is 15.5 Å². The molecule has 0 aliphatic heterocycles. The lowest BCUT2D eigenvalue weighted by molar-refractivity contribution is -0.127. The van der Waals surface area contributed by atoms with Gasteiger partial charge in [0, 0.05) is 25.2 Å². The van der Waals surface area contributed by atoms with E-state index in [9.17, 15) is 9.18 Å². The third-order valence-corrected chi connectivity index (χ3v) is 6.05. The van der Waals surface area contributed by atoms with Crippen LogP contribution in [0.3, 0.4) is 0 Å². The third kappa shape index (κ3) is 6.19. The van der Waals surface area contributed by atoms with Crippen molar-refractivity contribution >= 4 is 45.7 Å². The Labute approximate surface area is 175 Å². The third-order valence-electron chi connectivity index (χ3n) is 3.82. The van der Waals surface area contributed by atoms with Gasteiger partial charge in [-0.3, -0.25) is 4.79 Å². The molecular weight excluding hydrogens is 419 g/mol. The summed E-state index contributed by atoms with van der Waals surface area (Å²) in [7, 11) is 1.76. The molecule has 0 aliphatic carbocycles. The average molecular weight is 437 g/mol. The minimum absolute atomic E-state index is 0.000923. The van der Waals surface area contributed by atoms with Gasteiger partial charge in [-0.25, -0.2) is 4.39 Å². The van der Waals surface area contributed by atoms with Gasteiger partial charge in [-0.15, -0.1) is 10.2 Å². The number of carbonyl (C=O) groups excluding carboxylic acids is 1. The molecule has 0 aliphatic rings. The summed E-state index contributed by atoms with van der Waals surface area (Å²) >= 11 is 8.71. The van der Waals surface area contributed by atoms with Gasteiger partial charge in [0.1, 0.15) is 5.82 Å². The standard InChI is InChI=1S/C19H18ClFN4OS2/c1-25(11-14-3-2-4-15(20)9-14)17(26)12-27-19-24-23-18(28-19)22-10-13-5-7-16(21)8-6-13/h2-9H,10-12H2,1H3,(H,22,23). The molecule has 0 radical (unpaired) electrons. The lowest BCUT2D eigenvalue weighted by Crippen LogP contribution is -2.27. The molecule has 5 nitrogen and oxygen atoms in total. The van der Waals surface area contributed by atoms with Gasteiger partial charge in [-0.1, -0.05) is 59.0 Å². The van der Waals surface area contributed by atoms with Crippen molar-refractivity contribution in [2.24, 2.45) is 0 Å². The number of hydrogen-bond acceptors (Lipinski definition) is 6. The minimum Gasteiger partial charge on any atom is -0.356 e. The van der Waals surface area contributed by atoms with Gasteiger partial charge >= 0.3 is 0 Å². The van der Waals surface area contributed by atoms with Crippen molar-refractivity contribution in [2.45, 2.75) is 17.4 Å². The highest BCUT2D eigenvalue weighted by molar-refractivity contribution is 8.01. The maximum absolute atomic E-state index is 12.9. The van der Waals surface area contributed by atoms with Crippen molar-refractivity contribution < 1.29 is 9.18 Å². The van der Waals surface area contributed by atoms with E-state index in [1.165, 1.54) is 35.2 Å². The van der Waals surface area contributed by atoms with Crippen molar-refractivity contribution in [3.05, 3.63) is 70.5 Å². The molecule has 28 heavy (non-hydrogen) atoms. The summed E-state index contributed by atoms with van der Waals surface area (Å²) in [6, 6.07) is 13.7. The molecule has 3 aromatic rings. The molecule has 0 atom stereocenters. The largest absolute Gasteiger partial charge is 0.356 e. The summed E-state index contributed by atoms with van der Waals surface area (Å²) in [5, 5.41) is 12.6. The first-order valence-corrected chi connectivity index (χ1v) is 10.6. The van der Waals surface area contributed by atoms with Crippen molar-refractivity contribution in [2.75, 3.05) is 18.1 Å². The summed E-state index contributed by atoms with van der Waals surface area (Å²) in [6.45, 7) is 1.03. The maximum Gasteiger partial charge on any atom is 0.233 e. The second-order valence-electron chi connectivity index (χ2n) is 6.02. The zero-order valence-corrected chi connectivity index (χ0v) is 17.5. The Bertz CT molecular complexity index is 936. The van der Waals surface area contributed by atoms with Gasteiger partial charge in [-0.2, -0.15) is 0 Å². The maximum atomic E-state index is 12.9. The zero-order chi connectivity index (χ0) is 19.9. The molecule has 3 rings (SSSR count). The van der Waals surface area contributed by atoms with Gasteiger partial charge < -0.3 is 10.2 Å². The number of halogens is 2. The molecule has 0 fully saturated rings. The van der Waals surface area contributed by atoms with Crippen LogP contribution < -0.4 is 5.32 Å². The number of aromatic nitrogens is 2. The molecule has 0 saturated carbocycles. The lowest BCUT2D eigenvalue weighted by Gasteiger charge is -2.16. The van der Waals surface area contributed by atoms with E-state index >= 15 is 0 Å². The van der Waals surface area contributed by atoms with Crippen LogP contribution in [-0.2, 0) is 17.9 Å². The predicted molar refractivity (Wildman–Crippen MR) is 112 cm³/mol. The summed E-state index contributed by atoms with van der Waals surface area (Å²) in [5.74, 6) is 0.0215. The molecular formula is C19H18ClFN4OS2. The quantitative estimate of drug-likeness (QED) is 0.519. The highest BCUT2D eigenvalue weighted by atomic mass is 35.5. The summed E-state index contributed by atoms with van der Waals surface area (Å²) in [4.78, 5) is 14.0. The molecule has 1 heterocycles. The number of anilines is 1. The molecule has 9 heteroatoms. The number of nitrogens with one attached hydrogen (secondary N) is 1. The predicted octanol–water partition coefficient (Wildman–Crippen LogP) is 4.69. The van der Waals surface area contributed by atoms with E-state index in [1.807, 2.05) is 18.2 Å². The molecule has 0 spiro atoms. The Kier molecular flexibility index (Phi) is 7.24. The lowest BCUT2D eigenvalue weighted by atomic mass is 10.2. The van der Waals surface area contributed by atoms with Crippen molar-refractivity contribution in [3.63, 3.8) is 0 Å². The molecule has 0 bridgehead atoms. The van der Waals surface area contributed by atoms with Crippen LogP contribution in [0.15, 0.2) is 52.9 Å². The smallest absolute Gasteiger partial charge is 0.233 e. The average Bonchev–Trinajstić information content (AvgIpc) is 3.13. The van der Waals surface area contributed by atoms with Crippen LogP contribution in [0, 0.1) is 5.82 Å². The first-order valence-electron chi connectivity index (χ1n) is 8.42. The van der Waals surface area contributed by atoms with E-state index in [4.69, 9.17) is 11.6 Å². The van der Waals surface area contributed by atoms with E-state index < -0.39 is 0 Å². The van der Waals surface area contributed by atoms with E-state index in [0.717, 1.165) is 11.1 Å². The number of amides is 1. The number of thioether (sulfide) groups is 1. The first kappa shape index (κ1) is 20.6. The van der Waals surface area contributed by atoms with Gasteiger partial charge in [0.25, 0.3) is 0 Å². The number of rotatable bonds is 8. The molecule has 146 valence electrons. The summed E-state index contributed by atoms with van der Waals surface area (Å²) in [6.07, 6.45) is 0. The fourth-order valence-electron chi connectivity index (χ4n) is 2.35. The highest BCUT2D eigenvalue weighted by Crippen LogP contribution is 2.26. The van der Waals surface area contributed by atoms with Crippen molar-refractivity contribution in [1.29, 1.82) is 0 Å². The number of nitrogens with zero attached hydrogens (tertiary/aromatic N) is 3. The van der Waals surface area contributed by atoms with Gasteiger partial charge in [-0.05, 0) is 35.4 Å². The van der Waals surface area contributed by atoms with E-state index in [-0.39, 0.29) is 17.5 Å². The molecule has 1 N–H and O–H groups in total. The molecule has 1 aromatic heterocycles. The minimum atomic E-state index is -0.261. The van der Waals surface area contributed by atoms with Crippen molar-refractivity contribution in [1.82, 2.24) is 15.1 Å². The number of hydrogen-bond donors (Lipinski definition) is 1. The van der Waals surface area contributed by atoms with Crippen LogP contribution in [0.25, 0.3) is 0 Å². The molecule has 2 aromatic carbocycles. The van der Waals surface area contributed by atoms with Crippen molar-refractivity contribution in [3.8, 4) is 0 Å². The Morgan fingerprint density at radius 1 is 1.21 bits per heavy atom. The SMILES string of the molecule is CN(Cc1cccc(Cl)c1)C(=O)CSc1nnc(NCc2ccc(F)cc2)s1. The van der Waals surface area contributed by atoms with E-state index in [1.54, 1.807) is 30.1 Å². The Morgan fingerprint density at radius 3 is 2.75 bits per heavy atom. The number of benzene rings is 2. The first-order chi connectivity index (χ1) is 13.5. The molecule has 0 saturated heterocycles. The van der Waals surface area contributed by atoms with Gasteiger partial charge in [0.2, 0.25) is 11.0 Å². The second-order valence-corrected chi connectivity index (χ2v) is 8.66. The number of carbonyl (C=O) groups is 1. The Morgan fingerprint density at radius 2 is 2.00 bits per heavy atom. The second kappa shape index (κ2) is 9.86. The van der Waals surface area contributed by atoms with Crippen LogP contribution in [-0.4, -0.2) is 33.8 Å². The van der Waals surface area contributed by atoms with Gasteiger partial charge in [0.05, 0.1) is 5.75 Å². The molecule has 1 amide bonds. The van der Waals surface area contributed by atoms with Gasteiger partial charge in [0.15, 0.2) is 4.34 Å². The summed E-state index contributed by atoms with van der Waals surface area (Å²) < 4.78 is 13.6. The van der Waals surface area contributed by atoms with Crippen LogP contribution in [0.2, 0.25) is 5.02 Å². The fourth-order valence-corrected chi connectivity index (χ4v) is 4.25. The van der Waals surface area contributed by atoms with E-state index in [0.29, 0.717) is 27.6 Å². The van der Waals surface area contributed by atoms with Crippen LogP contribution in [0.1, 0.15) is 11.1 Å². The fraction of sp³-hybridized carbons (Fsp3) is 0.211. The Hall–Kier alpha value is -2.16. The van der Waals surface area contributed by atoms with Crippen LogP contribution >= 0.6 is 34.7 Å². The highest BCUT2D eigenvalue weighted by Gasteiger charge is 2.12. The monoisotopic (exact) mass is 436 g/mol. The van der Waals surface area contributed by atoms with Crippen LogP contribution in [0.5, 0.6) is 0 Å². The summed E-state index contributed by atoms with van der Waals surface area (Å²) in [5.41, 5.74) is 1.93. The molecule has 0 unspecified atom stereocenters.